The molecule has 184 valence electrons. The summed E-state index contributed by atoms with van der Waals surface area (Å²) in [7, 11) is 0. The number of amides is 1. The van der Waals surface area contributed by atoms with E-state index in [2.05, 4.69) is 57.6 Å². The molecule has 0 radical (unpaired) electrons. The highest BCUT2D eigenvalue weighted by molar-refractivity contribution is 6.17. The van der Waals surface area contributed by atoms with Gasteiger partial charge in [0.2, 0.25) is 5.91 Å². The quantitative estimate of drug-likeness (QED) is 0.563. The van der Waals surface area contributed by atoms with Crippen LogP contribution in [0.1, 0.15) is 24.0 Å². The second-order valence-electron chi connectivity index (χ2n) is 9.48. The van der Waals surface area contributed by atoms with Crippen LogP contribution in [-0.2, 0) is 11.2 Å². The summed E-state index contributed by atoms with van der Waals surface area (Å²) in [5.74, 6) is 0.413. The van der Waals surface area contributed by atoms with E-state index in [-0.39, 0.29) is 11.8 Å². The maximum atomic E-state index is 13.2. The topological polar surface area (TPSA) is 60.3 Å². The number of aliphatic imine (C=N–C) groups is 2. The molecule has 0 aromatic heterocycles. The van der Waals surface area contributed by atoms with Gasteiger partial charge in [0.15, 0.2) is 0 Å². The third-order valence-electron chi connectivity index (χ3n) is 6.90. The highest BCUT2D eigenvalue weighted by Gasteiger charge is 2.27. The van der Waals surface area contributed by atoms with Crippen molar-refractivity contribution in [3.05, 3.63) is 96.1 Å². The van der Waals surface area contributed by atoms with Gasteiger partial charge in [0.1, 0.15) is 5.84 Å². The Kier molecular flexibility index (Phi) is 7.64. The Morgan fingerprint density at radius 1 is 0.806 bits per heavy atom. The molecule has 0 spiro atoms. The first kappa shape index (κ1) is 24.1. The second-order valence-corrected chi connectivity index (χ2v) is 9.48. The van der Waals surface area contributed by atoms with E-state index in [9.17, 15) is 4.79 Å². The van der Waals surface area contributed by atoms with Crippen LogP contribution in [0.3, 0.4) is 0 Å². The van der Waals surface area contributed by atoms with Gasteiger partial charge in [-0.2, -0.15) is 0 Å². The molecule has 5 rings (SSSR count). The van der Waals surface area contributed by atoms with Crippen molar-refractivity contribution in [3.8, 4) is 0 Å². The fourth-order valence-electron chi connectivity index (χ4n) is 4.93. The number of amidine groups is 1. The fraction of sp³-hybridized carbons (Fsp3) is 0.300. The van der Waals surface area contributed by atoms with E-state index < -0.39 is 0 Å². The molecule has 2 heterocycles. The molecule has 1 atom stereocenters. The van der Waals surface area contributed by atoms with Crippen molar-refractivity contribution in [2.45, 2.75) is 19.3 Å². The number of piperazine rings is 1. The van der Waals surface area contributed by atoms with Crippen LogP contribution in [0.2, 0.25) is 0 Å². The third kappa shape index (κ3) is 5.96. The molecule has 0 unspecified atom stereocenters. The molecule has 6 nitrogen and oxygen atoms in total. The number of nitrogens with one attached hydrogen (secondary N) is 1. The zero-order valence-corrected chi connectivity index (χ0v) is 20.8. The number of para-hydroxylation sites is 2. The molecular formula is C30H33N5O. The minimum Gasteiger partial charge on any atom is -0.312 e. The average Bonchev–Trinajstić information content (AvgIpc) is 3.04. The maximum Gasteiger partial charge on any atom is 0.239 e. The minimum atomic E-state index is -0.197. The summed E-state index contributed by atoms with van der Waals surface area (Å²) >= 11 is 0. The van der Waals surface area contributed by atoms with Crippen LogP contribution in [0, 0.1) is 0 Å². The van der Waals surface area contributed by atoms with Gasteiger partial charge in [0.05, 0.1) is 23.8 Å². The van der Waals surface area contributed by atoms with E-state index in [1.807, 2.05) is 49.4 Å². The van der Waals surface area contributed by atoms with Crippen LogP contribution in [0.15, 0.2) is 94.9 Å². The number of hydrogen-bond donors (Lipinski definition) is 1. The molecule has 6 heteroatoms. The molecular weight excluding hydrogens is 446 g/mol. The van der Waals surface area contributed by atoms with Crippen molar-refractivity contribution in [2.75, 3.05) is 39.3 Å². The molecule has 0 saturated carbocycles. The van der Waals surface area contributed by atoms with Crippen LogP contribution in [0.25, 0.3) is 0 Å². The summed E-state index contributed by atoms with van der Waals surface area (Å²) in [5.41, 5.74) is 4.95. The van der Waals surface area contributed by atoms with Gasteiger partial charge < -0.3 is 10.2 Å². The SMILES string of the molecule is CC1=Nc2ccccc2N=C(NC(=O)CN2CCN(CCc3ccccc3)CC2)[C@H]1c1ccccc1. The van der Waals surface area contributed by atoms with E-state index >= 15 is 0 Å². The molecule has 1 saturated heterocycles. The zero-order valence-electron chi connectivity index (χ0n) is 20.8. The average molecular weight is 480 g/mol. The Bertz CT molecular complexity index is 1230. The largest absolute Gasteiger partial charge is 0.312 e. The fourth-order valence-corrected chi connectivity index (χ4v) is 4.93. The van der Waals surface area contributed by atoms with E-state index in [0.717, 1.165) is 61.8 Å². The first-order valence-electron chi connectivity index (χ1n) is 12.7. The molecule has 0 aliphatic carbocycles. The predicted octanol–water partition coefficient (Wildman–Crippen LogP) is 4.58. The Labute approximate surface area is 213 Å². The van der Waals surface area contributed by atoms with Crippen LogP contribution in [0.5, 0.6) is 0 Å². The number of hydrogen-bond acceptors (Lipinski definition) is 5. The summed E-state index contributed by atoms with van der Waals surface area (Å²) in [6.07, 6.45) is 1.06. The van der Waals surface area contributed by atoms with Crippen molar-refractivity contribution in [1.29, 1.82) is 0 Å². The third-order valence-corrected chi connectivity index (χ3v) is 6.90. The van der Waals surface area contributed by atoms with Gasteiger partial charge >= 0.3 is 0 Å². The van der Waals surface area contributed by atoms with Gasteiger partial charge in [-0.15, -0.1) is 0 Å². The normalized spacial score (nSPS) is 18.5. The van der Waals surface area contributed by atoms with E-state index in [4.69, 9.17) is 9.98 Å². The summed E-state index contributed by atoms with van der Waals surface area (Å²) in [5, 5.41) is 3.16. The molecule has 3 aromatic carbocycles. The number of rotatable bonds is 6. The summed E-state index contributed by atoms with van der Waals surface area (Å²) in [6.45, 7) is 7.17. The summed E-state index contributed by atoms with van der Waals surface area (Å²) in [6, 6.07) is 28.6. The Morgan fingerprint density at radius 2 is 1.39 bits per heavy atom. The number of nitrogens with zero attached hydrogens (tertiary/aromatic N) is 4. The van der Waals surface area contributed by atoms with Gasteiger partial charge in [-0.3, -0.25) is 14.7 Å². The van der Waals surface area contributed by atoms with Crippen molar-refractivity contribution in [2.24, 2.45) is 9.98 Å². The Balaban J connectivity index is 1.23. The van der Waals surface area contributed by atoms with Crippen molar-refractivity contribution in [1.82, 2.24) is 15.1 Å². The summed E-state index contributed by atoms with van der Waals surface area (Å²) < 4.78 is 0. The lowest BCUT2D eigenvalue weighted by molar-refractivity contribution is -0.121. The van der Waals surface area contributed by atoms with Crippen molar-refractivity contribution < 1.29 is 4.79 Å². The number of benzene rings is 3. The lowest BCUT2D eigenvalue weighted by Gasteiger charge is -2.34. The number of fused-ring (bicyclic) bond motifs is 1. The van der Waals surface area contributed by atoms with Crippen LogP contribution in [-0.4, -0.2) is 66.5 Å². The van der Waals surface area contributed by atoms with Crippen LogP contribution >= 0.6 is 0 Å². The molecule has 2 aliphatic heterocycles. The lowest BCUT2D eigenvalue weighted by Crippen LogP contribution is -2.50. The van der Waals surface area contributed by atoms with E-state index in [1.165, 1.54) is 5.56 Å². The minimum absolute atomic E-state index is 0.0282. The van der Waals surface area contributed by atoms with Crippen LogP contribution < -0.4 is 5.32 Å². The van der Waals surface area contributed by atoms with Crippen molar-refractivity contribution >= 4 is 28.8 Å². The number of carbonyl (C=O) groups excluding carboxylic acids is 1. The first-order chi connectivity index (χ1) is 17.7. The second kappa shape index (κ2) is 11.4. The Hall–Kier alpha value is -3.61. The first-order valence-corrected chi connectivity index (χ1v) is 12.7. The molecule has 1 fully saturated rings. The standard InChI is InChI=1S/C30H33N5O/c1-23-29(25-12-6-3-7-13-25)30(32-27-15-9-8-14-26(27)31-23)33-28(36)22-35-20-18-34(19-21-35)17-16-24-10-4-2-5-11-24/h2-15,29H,16-22H2,1H3,(H,32,33,36)/t29-/m1/s1. The summed E-state index contributed by atoms with van der Waals surface area (Å²) in [4.78, 5) is 27.7. The molecule has 36 heavy (non-hydrogen) atoms. The molecule has 1 N–H and O–H groups in total. The molecule has 3 aromatic rings. The predicted molar refractivity (Wildman–Crippen MR) is 147 cm³/mol. The van der Waals surface area contributed by atoms with E-state index in [0.29, 0.717) is 12.4 Å². The van der Waals surface area contributed by atoms with Gasteiger partial charge in [0.25, 0.3) is 0 Å². The molecule has 0 bridgehead atoms. The van der Waals surface area contributed by atoms with Gasteiger partial charge in [0, 0.05) is 38.4 Å². The maximum absolute atomic E-state index is 13.2. The van der Waals surface area contributed by atoms with Gasteiger partial charge in [-0.25, -0.2) is 4.99 Å². The van der Waals surface area contributed by atoms with Gasteiger partial charge in [-0.05, 0) is 36.6 Å². The zero-order chi connectivity index (χ0) is 24.7. The lowest BCUT2D eigenvalue weighted by atomic mass is 9.93. The van der Waals surface area contributed by atoms with Gasteiger partial charge in [-0.1, -0.05) is 72.8 Å². The monoisotopic (exact) mass is 479 g/mol. The van der Waals surface area contributed by atoms with Crippen molar-refractivity contribution in [3.63, 3.8) is 0 Å². The van der Waals surface area contributed by atoms with E-state index in [1.54, 1.807) is 0 Å². The Morgan fingerprint density at radius 3 is 2.08 bits per heavy atom. The highest BCUT2D eigenvalue weighted by atomic mass is 16.2. The smallest absolute Gasteiger partial charge is 0.239 e. The molecule has 1 amide bonds. The van der Waals surface area contributed by atoms with Crippen LogP contribution in [0.4, 0.5) is 11.4 Å². The molecule has 2 aliphatic rings. The number of carbonyl (C=O) groups is 1. The highest BCUT2D eigenvalue weighted by Crippen LogP contribution is 2.34.